The summed E-state index contributed by atoms with van der Waals surface area (Å²) < 4.78 is 0. The highest BCUT2D eigenvalue weighted by molar-refractivity contribution is 5.25. The SMILES string of the molecule is CNC(CO)(CN(CC(C)C)C1CC1)c1ccccc1. The highest BCUT2D eigenvalue weighted by Crippen LogP contribution is 2.31. The Labute approximate surface area is 123 Å². The molecule has 0 amide bonds. The fraction of sp³-hybridized carbons (Fsp3) is 0.647. The van der Waals surface area contributed by atoms with Crippen molar-refractivity contribution in [1.29, 1.82) is 0 Å². The van der Waals surface area contributed by atoms with Crippen LogP contribution in [0.4, 0.5) is 0 Å². The summed E-state index contributed by atoms with van der Waals surface area (Å²) in [6, 6.07) is 11.0. The molecule has 0 heterocycles. The zero-order chi connectivity index (χ0) is 14.6. The van der Waals surface area contributed by atoms with Crippen LogP contribution in [0.2, 0.25) is 0 Å². The molecule has 1 aromatic carbocycles. The summed E-state index contributed by atoms with van der Waals surface area (Å²) in [4.78, 5) is 2.55. The third-order valence-corrected chi connectivity index (χ3v) is 4.21. The van der Waals surface area contributed by atoms with Crippen LogP contribution in [0.5, 0.6) is 0 Å². The molecule has 2 N–H and O–H groups in total. The van der Waals surface area contributed by atoms with Crippen molar-refractivity contribution in [1.82, 2.24) is 10.2 Å². The Morgan fingerprint density at radius 2 is 1.95 bits per heavy atom. The fourth-order valence-corrected chi connectivity index (χ4v) is 2.89. The van der Waals surface area contributed by atoms with Crippen molar-refractivity contribution in [3.05, 3.63) is 35.9 Å². The van der Waals surface area contributed by atoms with Crippen LogP contribution in [-0.2, 0) is 5.54 Å². The van der Waals surface area contributed by atoms with Gasteiger partial charge in [0.15, 0.2) is 0 Å². The van der Waals surface area contributed by atoms with Crippen molar-refractivity contribution < 1.29 is 5.11 Å². The third kappa shape index (κ3) is 3.60. The van der Waals surface area contributed by atoms with E-state index in [1.54, 1.807) is 0 Å². The summed E-state index contributed by atoms with van der Waals surface area (Å²) >= 11 is 0. The Morgan fingerprint density at radius 1 is 1.30 bits per heavy atom. The van der Waals surface area contributed by atoms with Crippen molar-refractivity contribution >= 4 is 0 Å². The number of hydrogen-bond donors (Lipinski definition) is 2. The molecule has 1 fully saturated rings. The molecule has 0 aromatic heterocycles. The van der Waals surface area contributed by atoms with Gasteiger partial charge in [0.05, 0.1) is 12.1 Å². The maximum Gasteiger partial charge on any atom is 0.0795 e. The van der Waals surface area contributed by atoms with Crippen LogP contribution in [0.1, 0.15) is 32.3 Å². The maximum absolute atomic E-state index is 10.0. The second-order valence-corrected chi connectivity index (χ2v) is 6.41. The minimum absolute atomic E-state index is 0.120. The van der Waals surface area contributed by atoms with Gasteiger partial charge in [-0.1, -0.05) is 44.2 Å². The van der Waals surface area contributed by atoms with Gasteiger partial charge >= 0.3 is 0 Å². The van der Waals surface area contributed by atoms with Crippen LogP contribution in [0, 0.1) is 5.92 Å². The van der Waals surface area contributed by atoms with Gasteiger partial charge in [0, 0.05) is 19.1 Å². The Bertz CT molecular complexity index is 397. The highest BCUT2D eigenvalue weighted by Gasteiger charge is 2.37. The second kappa shape index (κ2) is 6.70. The number of nitrogens with one attached hydrogen (secondary N) is 1. The minimum atomic E-state index is -0.362. The van der Waals surface area contributed by atoms with Crippen LogP contribution in [-0.4, -0.2) is 42.8 Å². The van der Waals surface area contributed by atoms with Gasteiger partial charge < -0.3 is 10.4 Å². The van der Waals surface area contributed by atoms with E-state index in [2.05, 4.69) is 36.2 Å². The molecule has 3 nitrogen and oxygen atoms in total. The smallest absolute Gasteiger partial charge is 0.0795 e. The number of likely N-dealkylation sites (N-methyl/N-ethyl adjacent to an activating group) is 1. The Kier molecular flexibility index (Phi) is 5.19. The van der Waals surface area contributed by atoms with Gasteiger partial charge in [-0.2, -0.15) is 0 Å². The van der Waals surface area contributed by atoms with Crippen molar-refractivity contribution in [3.63, 3.8) is 0 Å². The summed E-state index contributed by atoms with van der Waals surface area (Å²) in [6.07, 6.45) is 2.60. The first-order valence-electron chi connectivity index (χ1n) is 7.70. The summed E-state index contributed by atoms with van der Waals surface area (Å²) in [5.41, 5.74) is 0.804. The first-order valence-corrected chi connectivity index (χ1v) is 7.70. The molecular weight excluding hydrogens is 248 g/mol. The van der Waals surface area contributed by atoms with Gasteiger partial charge in [0.1, 0.15) is 0 Å². The Balaban J connectivity index is 2.19. The van der Waals surface area contributed by atoms with Crippen LogP contribution < -0.4 is 5.32 Å². The molecule has 0 bridgehead atoms. The number of rotatable bonds is 8. The number of hydrogen-bond acceptors (Lipinski definition) is 3. The summed E-state index contributed by atoms with van der Waals surface area (Å²) in [6.45, 7) is 6.61. The van der Waals surface area contributed by atoms with E-state index >= 15 is 0 Å². The van der Waals surface area contributed by atoms with Crippen LogP contribution >= 0.6 is 0 Å². The number of aliphatic hydroxyl groups excluding tert-OH is 1. The van der Waals surface area contributed by atoms with Gasteiger partial charge in [0.2, 0.25) is 0 Å². The van der Waals surface area contributed by atoms with Gasteiger partial charge in [0.25, 0.3) is 0 Å². The standard InChI is InChI=1S/C17H28N2O/c1-14(2)11-19(16-9-10-16)12-17(13-20,18-3)15-7-5-4-6-8-15/h4-8,14,16,18,20H,9-13H2,1-3H3. The molecule has 1 aromatic rings. The molecule has 1 saturated carbocycles. The normalized spacial score (nSPS) is 18.5. The van der Waals surface area contributed by atoms with Crippen LogP contribution in [0.15, 0.2) is 30.3 Å². The van der Waals surface area contributed by atoms with E-state index in [4.69, 9.17) is 0 Å². The maximum atomic E-state index is 10.0. The first-order chi connectivity index (χ1) is 9.61. The predicted octanol–water partition coefficient (Wildman–Crippen LogP) is 2.21. The van der Waals surface area contributed by atoms with Crippen molar-refractivity contribution in [2.75, 3.05) is 26.7 Å². The lowest BCUT2D eigenvalue weighted by Crippen LogP contribution is -2.53. The molecule has 1 aliphatic carbocycles. The molecule has 0 spiro atoms. The number of aliphatic hydroxyl groups is 1. The van der Waals surface area contributed by atoms with Gasteiger partial charge in [-0.05, 0) is 31.4 Å². The molecule has 0 aliphatic heterocycles. The zero-order valence-corrected chi connectivity index (χ0v) is 13.0. The Hall–Kier alpha value is -0.900. The van der Waals surface area contributed by atoms with Crippen LogP contribution in [0.3, 0.4) is 0 Å². The Morgan fingerprint density at radius 3 is 2.40 bits per heavy atom. The fourth-order valence-electron chi connectivity index (χ4n) is 2.89. The monoisotopic (exact) mass is 276 g/mol. The second-order valence-electron chi connectivity index (χ2n) is 6.41. The summed E-state index contributed by atoms with van der Waals surface area (Å²) in [7, 11) is 1.95. The number of benzene rings is 1. The third-order valence-electron chi connectivity index (χ3n) is 4.21. The average molecular weight is 276 g/mol. The van der Waals surface area contributed by atoms with Crippen LogP contribution in [0.25, 0.3) is 0 Å². The summed E-state index contributed by atoms with van der Waals surface area (Å²) in [5, 5.41) is 13.4. The molecule has 20 heavy (non-hydrogen) atoms. The minimum Gasteiger partial charge on any atom is -0.394 e. The molecule has 0 radical (unpaired) electrons. The first kappa shape index (κ1) is 15.5. The van der Waals surface area contributed by atoms with E-state index in [1.807, 2.05) is 25.2 Å². The predicted molar refractivity (Wildman–Crippen MR) is 83.7 cm³/mol. The molecule has 1 atom stereocenters. The van der Waals surface area contributed by atoms with E-state index in [1.165, 1.54) is 18.4 Å². The lowest BCUT2D eigenvalue weighted by Gasteiger charge is -2.38. The lowest BCUT2D eigenvalue weighted by atomic mass is 9.89. The topological polar surface area (TPSA) is 35.5 Å². The van der Waals surface area contributed by atoms with Crippen molar-refractivity contribution in [3.8, 4) is 0 Å². The molecule has 3 heteroatoms. The van der Waals surface area contributed by atoms with E-state index in [0.29, 0.717) is 12.0 Å². The average Bonchev–Trinajstić information content (AvgIpc) is 3.29. The molecule has 1 unspecified atom stereocenters. The molecule has 0 saturated heterocycles. The molecule has 1 aliphatic rings. The van der Waals surface area contributed by atoms with Crippen molar-refractivity contribution in [2.24, 2.45) is 5.92 Å². The summed E-state index contributed by atoms with van der Waals surface area (Å²) in [5.74, 6) is 0.652. The lowest BCUT2D eigenvalue weighted by molar-refractivity contribution is 0.101. The molecule has 2 rings (SSSR count). The largest absolute Gasteiger partial charge is 0.394 e. The van der Waals surface area contributed by atoms with Gasteiger partial charge in [-0.3, -0.25) is 4.90 Å². The quantitative estimate of drug-likeness (QED) is 0.764. The van der Waals surface area contributed by atoms with Crippen molar-refractivity contribution in [2.45, 2.75) is 38.3 Å². The van der Waals surface area contributed by atoms with Gasteiger partial charge in [-0.25, -0.2) is 0 Å². The van der Waals surface area contributed by atoms with E-state index in [-0.39, 0.29) is 12.1 Å². The van der Waals surface area contributed by atoms with E-state index < -0.39 is 0 Å². The zero-order valence-electron chi connectivity index (χ0n) is 13.0. The molecular formula is C17H28N2O. The molecule has 112 valence electrons. The van der Waals surface area contributed by atoms with E-state index in [9.17, 15) is 5.11 Å². The van der Waals surface area contributed by atoms with Gasteiger partial charge in [-0.15, -0.1) is 0 Å². The van der Waals surface area contributed by atoms with E-state index in [0.717, 1.165) is 13.1 Å². The number of nitrogens with zero attached hydrogens (tertiary/aromatic N) is 1. The highest BCUT2D eigenvalue weighted by atomic mass is 16.3.